The summed E-state index contributed by atoms with van der Waals surface area (Å²) in [6, 6.07) is 6.51. The van der Waals surface area contributed by atoms with Crippen molar-refractivity contribution in [1.29, 1.82) is 0 Å². The second-order valence-electron chi connectivity index (χ2n) is 6.15. The summed E-state index contributed by atoms with van der Waals surface area (Å²) in [6.45, 7) is 1.01. The Labute approximate surface area is 134 Å². The second kappa shape index (κ2) is 6.98. The molecule has 0 spiro atoms. The van der Waals surface area contributed by atoms with Gasteiger partial charge in [-0.2, -0.15) is 0 Å². The zero-order valence-electron chi connectivity index (χ0n) is 13.0. The first-order valence-corrected chi connectivity index (χ1v) is 8.10. The molecule has 1 saturated heterocycles. The van der Waals surface area contributed by atoms with Gasteiger partial charge in [0.25, 0.3) is 0 Å². The maximum absolute atomic E-state index is 13.1. The van der Waals surface area contributed by atoms with Gasteiger partial charge in [0.2, 0.25) is 5.91 Å². The van der Waals surface area contributed by atoms with Gasteiger partial charge in [0.15, 0.2) is 0 Å². The third-order valence-corrected chi connectivity index (χ3v) is 4.55. The number of ether oxygens (including phenoxy) is 1. The van der Waals surface area contributed by atoms with Crippen LogP contribution in [0, 0.1) is 5.82 Å². The molecular weight excluding hydrogens is 299 g/mol. The number of hydrogen-bond donors (Lipinski definition) is 1. The van der Waals surface area contributed by atoms with Gasteiger partial charge in [-0.15, -0.1) is 0 Å². The molecule has 2 fully saturated rings. The fourth-order valence-electron chi connectivity index (χ4n) is 3.41. The number of nitrogens with one attached hydrogen (secondary N) is 1. The predicted molar refractivity (Wildman–Crippen MR) is 82.5 cm³/mol. The Hall–Kier alpha value is -2.11. The summed E-state index contributed by atoms with van der Waals surface area (Å²) in [5.41, 5.74) is 1.05. The van der Waals surface area contributed by atoms with E-state index in [0.29, 0.717) is 13.2 Å². The van der Waals surface area contributed by atoms with Crippen molar-refractivity contribution in [2.45, 2.75) is 37.6 Å². The molecule has 0 unspecified atom stereocenters. The van der Waals surface area contributed by atoms with Crippen LogP contribution in [0.3, 0.4) is 0 Å². The summed E-state index contributed by atoms with van der Waals surface area (Å²) in [4.78, 5) is 25.2. The molecule has 1 aromatic rings. The molecule has 124 valence electrons. The summed E-state index contributed by atoms with van der Waals surface area (Å²) in [5, 5.41) is 3.03. The van der Waals surface area contributed by atoms with Crippen molar-refractivity contribution >= 4 is 12.0 Å². The maximum atomic E-state index is 13.1. The molecule has 1 heterocycles. The number of carbonyl (C=O) groups is 2. The molecule has 1 aromatic carbocycles. The van der Waals surface area contributed by atoms with Crippen LogP contribution in [0.1, 0.15) is 37.2 Å². The molecule has 5 nitrogen and oxygen atoms in total. The highest BCUT2D eigenvalue weighted by Gasteiger charge is 2.31. The minimum Gasteiger partial charge on any atom is -0.449 e. The molecule has 1 aliphatic heterocycles. The largest absolute Gasteiger partial charge is 0.449 e. The van der Waals surface area contributed by atoms with Crippen LogP contribution in [-0.2, 0) is 9.53 Å². The van der Waals surface area contributed by atoms with Crippen molar-refractivity contribution in [3.63, 3.8) is 0 Å². The van der Waals surface area contributed by atoms with Gasteiger partial charge < -0.3 is 10.1 Å². The minimum absolute atomic E-state index is 0.0332. The van der Waals surface area contributed by atoms with Crippen LogP contribution >= 0.6 is 0 Å². The van der Waals surface area contributed by atoms with Crippen molar-refractivity contribution in [2.75, 3.05) is 19.7 Å². The van der Waals surface area contributed by atoms with Crippen LogP contribution in [-0.4, -0.2) is 42.6 Å². The van der Waals surface area contributed by atoms with Crippen molar-refractivity contribution in [1.82, 2.24) is 10.2 Å². The van der Waals surface area contributed by atoms with Crippen molar-refractivity contribution in [3.05, 3.63) is 35.6 Å². The number of benzene rings is 1. The standard InChI is InChI=1S/C17H21FN2O3/c18-13-7-5-12(6-8-13)14-3-1-4-15(14)19-16(21)11-20-9-2-10-23-17(20)22/h5-8,14-15H,1-4,9-11H2,(H,19,21)/t14-,15+/m1/s1. The Morgan fingerprint density at radius 1 is 1.26 bits per heavy atom. The Bertz CT molecular complexity index is 576. The van der Waals surface area contributed by atoms with Gasteiger partial charge in [-0.1, -0.05) is 18.6 Å². The minimum atomic E-state index is -0.423. The van der Waals surface area contributed by atoms with E-state index in [9.17, 15) is 14.0 Å². The smallest absolute Gasteiger partial charge is 0.410 e. The van der Waals surface area contributed by atoms with Gasteiger partial charge in [0.1, 0.15) is 12.4 Å². The fourth-order valence-corrected chi connectivity index (χ4v) is 3.41. The highest BCUT2D eigenvalue weighted by Crippen LogP contribution is 2.34. The number of cyclic esters (lactones) is 1. The number of hydrogen-bond acceptors (Lipinski definition) is 3. The summed E-state index contributed by atoms with van der Waals surface area (Å²) in [6.07, 6.45) is 3.23. The molecule has 1 N–H and O–H groups in total. The highest BCUT2D eigenvalue weighted by atomic mass is 19.1. The van der Waals surface area contributed by atoms with Gasteiger partial charge in [-0.25, -0.2) is 9.18 Å². The van der Waals surface area contributed by atoms with Crippen LogP contribution in [0.4, 0.5) is 9.18 Å². The number of halogens is 1. The van der Waals surface area contributed by atoms with E-state index in [1.807, 2.05) is 0 Å². The number of rotatable bonds is 4. The molecule has 0 bridgehead atoms. The van der Waals surface area contributed by atoms with Crippen molar-refractivity contribution in [3.8, 4) is 0 Å². The van der Waals surface area contributed by atoms with Gasteiger partial charge in [-0.3, -0.25) is 9.69 Å². The molecule has 0 radical (unpaired) electrons. The zero-order valence-corrected chi connectivity index (χ0v) is 13.0. The summed E-state index contributed by atoms with van der Waals surface area (Å²) in [5.74, 6) is -0.216. The highest BCUT2D eigenvalue weighted by molar-refractivity contribution is 5.82. The summed E-state index contributed by atoms with van der Waals surface area (Å²) < 4.78 is 18.0. The number of nitrogens with zero attached hydrogens (tertiary/aromatic N) is 1. The zero-order chi connectivity index (χ0) is 16.2. The molecule has 6 heteroatoms. The van der Waals surface area contributed by atoms with E-state index in [0.717, 1.165) is 31.2 Å². The third-order valence-electron chi connectivity index (χ3n) is 4.55. The molecule has 2 atom stereocenters. The topological polar surface area (TPSA) is 58.6 Å². The van der Waals surface area contributed by atoms with Gasteiger partial charge in [-0.05, 0) is 37.0 Å². The van der Waals surface area contributed by atoms with Crippen molar-refractivity contribution < 1.29 is 18.7 Å². The molecule has 3 rings (SSSR count). The Morgan fingerprint density at radius 2 is 2.04 bits per heavy atom. The lowest BCUT2D eigenvalue weighted by atomic mass is 9.94. The lowest BCUT2D eigenvalue weighted by Crippen LogP contribution is -2.47. The van der Waals surface area contributed by atoms with E-state index < -0.39 is 6.09 Å². The van der Waals surface area contributed by atoms with E-state index >= 15 is 0 Å². The van der Waals surface area contributed by atoms with E-state index in [2.05, 4.69) is 5.32 Å². The van der Waals surface area contributed by atoms with Gasteiger partial charge in [0.05, 0.1) is 6.61 Å². The van der Waals surface area contributed by atoms with Gasteiger partial charge in [0, 0.05) is 18.5 Å². The quantitative estimate of drug-likeness (QED) is 0.927. The molecule has 0 aromatic heterocycles. The molecule has 2 amide bonds. The van der Waals surface area contributed by atoms with E-state index in [-0.39, 0.29) is 30.2 Å². The average molecular weight is 320 g/mol. The normalized spacial score (nSPS) is 24.4. The molecule has 1 saturated carbocycles. The first-order valence-electron chi connectivity index (χ1n) is 8.10. The Morgan fingerprint density at radius 3 is 2.78 bits per heavy atom. The van der Waals surface area contributed by atoms with E-state index in [1.54, 1.807) is 12.1 Å². The molecule has 2 aliphatic rings. The Balaban J connectivity index is 1.58. The monoisotopic (exact) mass is 320 g/mol. The van der Waals surface area contributed by atoms with Crippen LogP contribution in [0.2, 0.25) is 0 Å². The number of amides is 2. The van der Waals surface area contributed by atoms with E-state index in [4.69, 9.17) is 4.74 Å². The first-order chi connectivity index (χ1) is 11.1. The van der Waals surface area contributed by atoms with Crippen LogP contribution in [0.25, 0.3) is 0 Å². The lowest BCUT2D eigenvalue weighted by molar-refractivity contribution is -0.123. The Kier molecular flexibility index (Phi) is 4.79. The second-order valence-corrected chi connectivity index (χ2v) is 6.15. The summed E-state index contributed by atoms with van der Waals surface area (Å²) >= 11 is 0. The molecular formula is C17H21FN2O3. The van der Waals surface area contributed by atoms with E-state index in [1.165, 1.54) is 17.0 Å². The third kappa shape index (κ3) is 3.81. The predicted octanol–water partition coefficient (Wildman–Crippen LogP) is 2.42. The maximum Gasteiger partial charge on any atom is 0.410 e. The fraction of sp³-hybridized carbons (Fsp3) is 0.529. The SMILES string of the molecule is O=C(CN1CCCOC1=O)N[C@H]1CCC[C@@H]1c1ccc(F)cc1. The van der Waals surface area contributed by atoms with Crippen LogP contribution in [0.5, 0.6) is 0 Å². The lowest BCUT2D eigenvalue weighted by Gasteiger charge is -2.27. The van der Waals surface area contributed by atoms with Gasteiger partial charge >= 0.3 is 6.09 Å². The van der Waals surface area contributed by atoms with Crippen molar-refractivity contribution in [2.24, 2.45) is 0 Å². The summed E-state index contributed by atoms with van der Waals surface area (Å²) in [7, 11) is 0. The molecule has 23 heavy (non-hydrogen) atoms. The van der Waals surface area contributed by atoms with Crippen LogP contribution in [0.15, 0.2) is 24.3 Å². The number of carbonyl (C=O) groups excluding carboxylic acids is 2. The first kappa shape index (κ1) is 15.8. The molecule has 1 aliphatic carbocycles. The average Bonchev–Trinajstić information content (AvgIpc) is 2.98. The van der Waals surface area contributed by atoms with Crippen LogP contribution < -0.4 is 5.32 Å².